The highest BCUT2D eigenvalue weighted by atomic mass is 35.5. The summed E-state index contributed by atoms with van der Waals surface area (Å²) in [6.45, 7) is 4.43. The van der Waals surface area contributed by atoms with Crippen LogP contribution in [0.25, 0.3) is 0 Å². The minimum atomic E-state index is 0.685. The Kier molecular flexibility index (Phi) is 5.90. The van der Waals surface area contributed by atoms with E-state index in [1.165, 1.54) is 10.7 Å². The number of thiazole rings is 1. The lowest BCUT2D eigenvalue weighted by atomic mass is 10.3. The fourth-order valence-corrected chi connectivity index (χ4v) is 2.78. The molecule has 80 valence electrons. The molecule has 0 unspecified atom stereocenters. The first-order valence-electron chi connectivity index (χ1n) is 4.83. The summed E-state index contributed by atoms with van der Waals surface area (Å²) in [5.41, 5.74) is 1.20. The van der Waals surface area contributed by atoms with Crippen LogP contribution in [0.15, 0.2) is 5.38 Å². The number of rotatable bonds is 6. The van der Waals surface area contributed by atoms with Gasteiger partial charge in [-0.1, -0.05) is 13.8 Å². The van der Waals surface area contributed by atoms with Crippen LogP contribution in [-0.2, 0) is 12.2 Å². The zero-order chi connectivity index (χ0) is 10.4. The molecule has 0 bridgehead atoms. The van der Waals surface area contributed by atoms with Gasteiger partial charge in [-0.25, -0.2) is 4.98 Å². The highest BCUT2D eigenvalue weighted by molar-refractivity contribution is 7.99. The van der Waals surface area contributed by atoms with Gasteiger partial charge < -0.3 is 0 Å². The third kappa shape index (κ3) is 4.67. The van der Waals surface area contributed by atoms with Crippen LogP contribution in [0.2, 0.25) is 0 Å². The van der Waals surface area contributed by atoms with Gasteiger partial charge in [-0.2, -0.15) is 11.8 Å². The maximum atomic E-state index is 5.63. The van der Waals surface area contributed by atoms with Gasteiger partial charge in [0.1, 0.15) is 5.01 Å². The second-order valence-corrected chi connectivity index (χ2v) is 6.27. The van der Waals surface area contributed by atoms with Crippen LogP contribution in [0, 0.1) is 0 Å². The van der Waals surface area contributed by atoms with E-state index in [2.05, 4.69) is 24.2 Å². The van der Waals surface area contributed by atoms with Crippen molar-refractivity contribution in [3.63, 3.8) is 0 Å². The first-order chi connectivity index (χ1) is 6.72. The summed E-state index contributed by atoms with van der Waals surface area (Å²) >= 11 is 9.34. The van der Waals surface area contributed by atoms with Crippen molar-refractivity contribution < 1.29 is 0 Å². The molecule has 0 atom stereocenters. The van der Waals surface area contributed by atoms with Gasteiger partial charge in [0, 0.05) is 17.0 Å². The standard InChI is InChI=1S/C10H16ClNS2/c1-8(2)13-7-10-12-9(6-14-10)4-3-5-11/h6,8H,3-5,7H2,1-2H3. The van der Waals surface area contributed by atoms with E-state index in [1.54, 1.807) is 11.3 Å². The van der Waals surface area contributed by atoms with Crippen LogP contribution >= 0.6 is 34.7 Å². The molecule has 0 aliphatic rings. The Hall–Kier alpha value is 0.270. The van der Waals surface area contributed by atoms with Gasteiger partial charge in [0.2, 0.25) is 0 Å². The van der Waals surface area contributed by atoms with Crippen LogP contribution in [-0.4, -0.2) is 16.1 Å². The van der Waals surface area contributed by atoms with E-state index in [4.69, 9.17) is 11.6 Å². The molecular weight excluding hydrogens is 234 g/mol. The molecule has 0 saturated heterocycles. The predicted octanol–water partition coefficient (Wildman–Crippen LogP) is 3.96. The number of nitrogens with zero attached hydrogens (tertiary/aromatic N) is 1. The molecule has 1 rings (SSSR count). The van der Waals surface area contributed by atoms with Gasteiger partial charge in [0.05, 0.1) is 5.69 Å². The Labute approximate surface area is 99.3 Å². The molecule has 1 nitrogen and oxygen atoms in total. The van der Waals surface area contributed by atoms with Crippen molar-refractivity contribution in [2.45, 2.75) is 37.7 Å². The second-order valence-electron chi connectivity index (χ2n) is 3.38. The minimum absolute atomic E-state index is 0.685. The Morgan fingerprint density at radius 3 is 3.00 bits per heavy atom. The van der Waals surface area contributed by atoms with Crippen LogP contribution < -0.4 is 0 Å². The lowest BCUT2D eigenvalue weighted by molar-refractivity contribution is 0.892. The minimum Gasteiger partial charge on any atom is -0.245 e. The maximum Gasteiger partial charge on any atom is 0.103 e. The van der Waals surface area contributed by atoms with Crippen molar-refractivity contribution >= 4 is 34.7 Å². The van der Waals surface area contributed by atoms with Crippen molar-refractivity contribution in [2.24, 2.45) is 0 Å². The van der Waals surface area contributed by atoms with E-state index in [9.17, 15) is 0 Å². The highest BCUT2D eigenvalue weighted by Gasteiger charge is 2.03. The SMILES string of the molecule is CC(C)SCc1nc(CCCCl)cs1. The number of thioether (sulfide) groups is 1. The summed E-state index contributed by atoms with van der Waals surface area (Å²) in [6, 6.07) is 0. The van der Waals surface area contributed by atoms with Crippen molar-refractivity contribution in [1.82, 2.24) is 4.98 Å². The summed E-state index contributed by atoms with van der Waals surface area (Å²) in [5.74, 6) is 1.77. The smallest absolute Gasteiger partial charge is 0.103 e. The fraction of sp³-hybridized carbons (Fsp3) is 0.700. The van der Waals surface area contributed by atoms with Crippen LogP contribution in [0.4, 0.5) is 0 Å². The van der Waals surface area contributed by atoms with Crippen molar-refractivity contribution in [2.75, 3.05) is 5.88 Å². The van der Waals surface area contributed by atoms with Crippen molar-refractivity contribution in [3.05, 3.63) is 16.1 Å². The summed E-state index contributed by atoms with van der Waals surface area (Å²) in [7, 11) is 0. The number of hydrogen-bond acceptors (Lipinski definition) is 3. The van der Waals surface area contributed by atoms with Crippen LogP contribution in [0.3, 0.4) is 0 Å². The second kappa shape index (κ2) is 6.70. The van der Waals surface area contributed by atoms with Gasteiger partial charge in [-0.15, -0.1) is 22.9 Å². The molecule has 14 heavy (non-hydrogen) atoms. The zero-order valence-corrected chi connectivity index (χ0v) is 11.0. The summed E-state index contributed by atoms with van der Waals surface area (Å²) in [6.07, 6.45) is 2.05. The first-order valence-corrected chi connectivity index (χ1v) is 7.29. The number of aromatic nitrogens is 1. The molecule has 1 aromatic rings. The van der Waals surface area contributed by atoms with Crippen LogP contribution in [0.5, 0.6) is 0 Å². The fourth-order valence-electron chi connectivity index (χ4n) is 1.02. The molecule has 0 aliphatic carbocycles. The van der Waals surface area contributed by atoms with Gasteiger partial charge in [-0.05, 0) is 18.1 Å². The third-order valence-electron chi connectivity index (χ3n) is 1.71. The summed E-state index contributed by atoms with van der Waals surface area (Å²) < 4.78 is 0. The molecule has 0 N–H and O–H groups in total. The first kappa shape index (κ1) is 12.3. The van der Waals surface area contributed by atoms with E-state index in [0.717, 1.165) is 24.5 Å². The molecule has 0 aromatic carbocycles. The maximum absolute atomic E-state index is 5.63. The normalized spacial score (nSPS) is 11.1. The monoisotopic (exact) mass is 249 g/mol. The van der Waals surface area contributed by atoms with E-state index in [-0.39, 0.29) is 0 Å². The lowest BCUT2D eigenvalue weighted by Gasteiger charge is -2.00. The molecule has 0 radical (unpaired) electrons. The van der Waals surface area contributed by atoms with Gasteiger partial charge in [0.15, 0.2) is 0 Å². The Morgan fingerprint density at radius 1 is 1.57 bits per heavy atom. The lowest BCUT2D eigenvalue weighted by Crippen LogP contribution is -1.90. The van der Waals surface area contributed by atoms with E-state index >= 15 is 0 Å². The summed E-state index contributed by atoms with van der Waals surface area (Å²) in [4.78, 5) is 4.56. The van der Waals surface area contributed by atoms with Gasteiger partial charge in [0.25, 0.3) is 0 Å². The molecule has 0 aliphatic heterocycles. The van der Waals surface area contributed by atoms with Crippen molar-refractivity contribution in [1.29, 1.82) is 0 Å². The topological polar surface area (TPSA) is 12.9 Å². The van der Waals surface area contributed by atoms with Gasteiger partial charge in [-0.3, -0.25) is 0 Å². The quantitative estimate of drug-likeness (QED) is 0.708. The molecule has 0 spiro atoms. The number of halogens is 1. The third-order valence-corrected chi connectivity index (χ3v) is 4.16. The van der Waals surface area contributed by atoms with Crippen molar-refractivity contribution in [3.8, 4) is 0 Å². The molecule has 0 fully saturated rings. The average molecular weight is 250 g/mol. The molecule has 1 heterocycles. The number of hydrogen-bond donors (Lipinski definition) is 0. The van der Waals surface area contributed by atoms with E-state index in [0.29, 0.717) is 5.25 Å². The largest absolute Gasteiger partial charge is 0.245 e. The molecule has 0 amide bonds. The molecular formula is C10H16ClNS2. The van der Waals surface area contributed by atoms with E-state index in [1.807, 2.05) is 11.8 Å². The van der Waals surface area contributed by atoms with Gasteiger partial charge >= 0.3 is 0 Å². The average Bonchev–Trinajstić information content (AvgIpc) is 2.59. The van der Waals surface area contributed by atoms with E-state index < -0.39 is 0 Å². The van der Waals surface area contributed by atoms with Crippen LogP contribution in [0.1, 0.15) is 31.0 Å². The number of aryl methyl sites for hydroxylation is 1. The zero-order valence-electron chi connectivity index (χ0n) is 8.62. The summed E-state index contributed by atoms with van der Waals surface area (Å²) in [5, 5.41) is 4.08. The number of alkyl halides is 1. The Morgan fingerprint density at radius 2 is 2.36 bits per heavy atom. The Bertz CT molecular complexity index is 260. The highest BCUT2D eigenvalue weighted by Crippen LogP contribution is 2.20. The predicted molar refractivity (Wildman–Crippen MR) is 67.6 cm³/mol. The molecule has 1 aromatic heterocycles. The molecule has 0 saturated carbocycles. The Balaban J connectivity index is 2.35. The molecule has 4 heteroatoms.